The fraction of sp³-hybridized carbons (Fsp3) is 0.167. The zero-order chi connectivity index (χ0) is 16.9. The van der Waals surface area contributed by atoms with Gasteiger partial charge in [-0.05, 0) is 37.4 Å². The molecular weight excluding hydrogens is 336 g/mol. The Kier molecular flexibility index (Phi) is 5.17. The van der Waals surface area contributed by atoms with Crippen LogP contribution in [0.3, 0.4) is 0 Å². The molecule has 0 N–H and O–H groups in total. The summed E-state index contributed by atoms with van der Waals surface area (Å²) in [5.74, 6) is 0. The topological polar surface area (TPSA) is 42.5 Å². The minimum atomic E-state index is 0.600. The van der Waals surface area contributed by atoms with E-state index in [-0.39, 0.29) is 0 Å². The van der Waals surface area contributed by atoms with Crippen molar-refractivity contribution in [2.45, 2.75) is 13.8 Å². The first-order valence-corrected chi connectivity index (χ1v) is 9.27. The molecule has 0 atom stereocenters. The molecule has 3 aromatic rings. The van der Waals surface area contributed by atoms with Crippen molar-refractivity contribution >= 4 is 28.4 Å². The summed E-state index contributed by atoms with van der Waals surface area (Å²) in [5, 5.41) is 8.95. The van der Waals surface area contributed by atoms with E-state index < -0.39 is 0 Å². The van der Waals surface area contributed by atoms with Crippen LogP contribution in [-0.4, -0.2) is 21.9 Å². The Hall–Kier alpha value is -2.31. The maximum atomic E-state index is 4.79. The third-order valence-electron chi connectivity index (χ3n) is 3.23. The van der Waals surface area contributed by atoms with Crippen molar-refractivity contribution in [1.29, 1.82) is 0 Å². The fourth-order valence-corrected chi connectivity index (χ4v) is 3.70. The molecule has 0 saturated carbocycles. The largest absolute Gasteiger partial charge is 0.255 e. The molecule has 24 heavy (non-hydrogen) atoms. The van der Waals surface area contributed by atoms with E-state index in [9.17, 15) is 0 Å². The predicted molar refractivity (Wildman–Crippen MR) is 103 cm³/mol. The maximum absolute atomic E-state index is 4.79. The summed E-state index contributed by atoms with van der Waals surface area (Å²) in [6.45, 7) is 8.46. The van der Waals surface area contributed by atoms with Crippen LogP contribution in [0.1, 0.15) is 19.5 Å². The summed E-state index contributed by atoms with van der Waals surface area (Å²) in [4.78, 5) is 11.0. The van der Waals surface area contributed by atoms with Crippen LogP contribution in [0.4, 0.5) is 0 Å². The maximum Gasteiger partial charge on any atom is 0.206 e. The van der Waals surface area contributed by atoms with Crippen LogP contribution < -0.4 is 4.80 Å². The first-order valence-electron chi connectivity index (χ1n) is 7.51. The Morgan fingerprint density at radius 3 is 2.75 bits per heavy atom. The lowest BCUT2D eigenvalue weighted by atomic mass is 10.3. The molecule has 0 aromatic carbocycles. The first kappa shape index (κ1) is 16.5. The average Bonchev–Trinajstić information content (AvgIpc) is 3.23. The molecule has 0 aliphatic heterocycles. The highest BCUT2D eigenvalue weighted by atomic mass is 32.1. The van der Waals surface area contributed by atoms with E-state index in [4.69, 9.17) is 5.10 Å². The second-order valence-electron chi connectivity index (χ2n) is 5.37. The summed E-state index contributed by atoms with van der Waals surface area (Å²) in [6, 6.07) is 9.96. The average molecular weight is 355 g/mol. The Morgan fingerprint density at radius 1 is 1.21 bits per heavy atom. The molecular formula is C18H18N4S2. The highest BCUT2D eigenvalue weighted by Crippen LogP contribution is 2.25. The van der Waals surface area contributed by atoms with Crippen LogP contribution in [0.25, 0.3) is 10.6 Å². The van der Waals surface area contributed by atoms with E-state index in [1.807, 2.05) is 42.8 Å². The van der Waals surface area contributed by atoms with Crippen molar-refractivity contribution in [3.63, 3.8) is 0 Å². The third kappa shape index (κ3) is 3.77. The van der Waals surface area contributed by atoms with Crippen LogP contribution in [-0.2, 0) is 0 Å². The standard InChI is InChI=1S/C18H18N4S2/c1-13(2)11-20-18-22(16(12-24-18)17-8-6-10-23-17)21-14(3)15-7-4-5-9-19-15/h4-10,12H,1,11H2,2-3H3. The number of hydrogen-bond donors (Lipinski definition) is 0. The number of pyridine rings is 1. The molecule has 0 aliphatic carbocycles. The van der Waals surface area contributed by atoms with Gasteiger partial charge in [-0.3, -0.25) is 9.98 Å². The Labute approximate surface area is 149 Å². The van der Waals surface area contributed by atoms with Gasteiger partial charge in [0, 0.05) is 11.6 Å². The molecule has 3 aromatic heterocycles. The van der Waals surface area contributed by atoms with Crippen LogP contribution in [0.5, 0.6) is 0 Å². The van der Waals surface area contributed by atoms with Crippen molar-refractivity contribution in [2.24, 2.45) is 10.1 Å². The lowest BCUT2D eigenvalue weighted by Crippen LogP contribution is -2.15. The number of thiophene rings is 1. The lowest BCUT2D eigenvalue weighted by molar-refractivity contribution is 0.831. The molecule has 0 fully saturated rings. The Bertz CT molecular complexity index is 916. The van der Waals surface area contributed by atoms with Gasteiger partial charge in [0.05, 0.1) is 28.5 Å². The molecule has 4 nitrogen and oxygen atoms in total. The molecule has 0 aliphatic rings. The SMILES string of the molecule is C=C(C)CN=c1scc(-c2cccs2)n1N=C(C)c1ccccn1. The van der Waals surface area contributed by atoms with Crippen molar-refractivity contribution in [3.05, 3.63) is 69.9 Å². The lowest BCUT2D eigenvalue weighted by Gasteiger charge is -2.04. The molecule has 122 valence electrons. The van der Waals surface area contributed by atoms with Gasteiger partial charge in [0.15, 0.2) is 0 Å². The number of nitrogens with zero attached hydrogens (tertiary/aromatic N) is 4. The third-order valence-corrected chi connectivity index (χ3v) is 4.98. The van der Waals surface area contributed by atoms with Crippen LogP contribution in [0.15, 0.2) is 69.5 Å². The molecule has 0 saturated heterocycles. The Morgan fingerprint density at radius 2 is 2.08 bits per heavy atom. The first-order chi connectivity index (χ1) is 11.6. The van der Waals surface area contributed by atoms with Gasteiger partial charge in [0.1, 0.15) is 0 Å². The summed E-state index contributed by atoms with van der Waals surface area (Å²) in [6.07, 6.45) is 1.78. The van der Waals surface area contributed by atoms with Gasteiger partial charge in [-0.1, -0.05) is 24.3 Å². The highest BCUT2D eigenvalue weighted by Gasteiger charge is 2.09. The van der Waals surface area contributed by atoms with Crippen molar-refractivity contribution < 1.29 is 0 Å². The summed E-state index contributed by atoms with van der Waals surface area (Å²) in [7, 11) is 0. The van der Waals surface area contributed by atoms with E-state index in [1.165, 1.54) is 4.88 Å². The quantitative estimate of drug-likeness (QED) is 0.494. The molecule has 3 heterocycles. The van der Waals surface area contributed by atoms with Gasteiger partial charge < -0.3 is 0 Å². The van der Waals surface area contributed by atoms with E-state index in [0.29, 0.717) is 6.54 Å². The smallest absolute Gasteiger partial charge is 0.206 e. The normalized spacial score (nSPS) is 12.6. The van der Waals surface area contributed by atoms with E-state index >= 15 is 0 Å². The summed E-state index contributed by atoms with van der Waals surface area (Å²) < 4.78 is 1.91. The molecule has 0 amide bonds. The molecule has 6 heteroatoms. The molecule has 0 bridgehead atoms. The van der Waals surface area contributed by atoms with Gasteiger partial charge in [-0.25, -0.2) is 4.68 Å². The molecule has 0 spiro atoms. The van der Waals surface area contributed by atoms with Crippen LogP contribution in [0, 0.1) is 0 Å². The zero-order valence-corrected chi connectivity index (χ0v) is 15.3. The summed E-state index contributed by atoms with van der Waals surface area (Å²) >= 11 is 3.28. The monoisotopic (exact) mass is 354 g/mol. The fourth-order valence-electron chi connectivity index (χ4n) is 2.08. The van der Waals surface area contributed by atoms with Gasteiger partial charge in [0.25, 0.3) is 0 Å². The van der Waals surface area contributed by atoms with E-state index in [0.717, 1.165) is 27.5 Å². The van der Waals surface area contributed by atoms with Gasteiger partial charge in [0.2, 0.25) is 4.80 Å². The van der Waals surface area contributed by atoms with Crippen molar-refractivity contribution in [3.8, 4) is 10.6 Å². The minimum Gasteiger partial charge on any atom is -0.255 e. The molecule has 0 radical (unpaired) electrons. The van der Waals surface area contributed by atoms with Gasteiger partial charge in [-0.2, -0.15) is 5.10 Å². The number of thiazole rings is 1. The number of rotatable bonds is 5. The van der Waals surface area contributed by atoms with Crippen LogP contribution >= 0.6 is 22.7 Å². The van der Waals surface area contributed by atoms with E-state index in [2.05, 4.69) is 33.4 Å². The van der Waals surface area contributed by atoms with Crippen molar-refractivity contribution in [2.75, 3.05) is 6.54 Å². The second kappa shape index (κ2) is 7.51. The van der Waals surface area contributed by atoms with E-state index in [1.54, 1.807) is 28.9 Å². The predicted octanol–water partition coefficient (Wildman–Crippen LogP) is 4.42. The second-order valence-corrected chi connectivity index (χ2v) is 7.15. The van der Waals surface area contributed by atoms with Crippen LogP contribution in [0.2, 0.25) is 0 Å². The highest BCUT2D eigenvalue weighted by molar-refractivity contribution is 7.14. The van der Waals surface area contributed by atoms with Gasteiger partial charge in [-0.15, -0.1) is 22.7 Å². The number of hydrogen-bond acceptors (Lipinski definition) is 5. The molecule has 3 rings (SSSR count). The number of aromatic nitrogens is 2. The van der Waals surface area contributed by atoms with Crippen molar-refractivity contribution in [1.82, 2.24) is 9.66 Å². The Balaban J connectivity index is 2.11. The zero-order valence-electron chi connectivity index (χ0n) is 13.6. The summed E-state index contributed by atoms with van der Waals surface area (Å²) in [5.41, 5.74) is 3.78. The molecule has 0 unspecified atom stereocenters. The minimum absolute atomic E-state index is 0.600. The van der Waals surface area contributed by atoms with Gasteiger partial charge >= 0.3 is 0 Å².